The van der Waals surface area contributed by atoms with E-state index in [4.69, 9.17) is 9.15 Å². The third kappa shape index (κ3) is 2.75. The van der Waals surface area contributed by atoms with E-state index in [1.165, 1.54) is 18.4 Å². The molecule has 0 aliphatic carbocycles. The summed E-state index contributed by atoms with van der Waals surface area (Å²) in [6.45, 7) is 3.64. The summed E-state index contributed by atoms with van der Waals surface area (Å²) < 4.78 is 13.8. The van der Waals surface area contributed by atoms with Crippen molar-refractivity contribution in [1.82, 2.24) is 14.3 Å². The number of fused-ring (bicyclic) bond motifs is 1. The first-order chi connectivity index (χ1) is 13.4. The van der Waals surface area contributed by atoms with Crippen molar-refractivity contribution in [2.24, 2.45) is 12.0 Å². The molecule has 1 aliphatic heterocycles. The predicted octanol–water partition coefficient (Wildman–Crippen LogP) is 1.04. The normalized spacial score (nSPS) is 16.9. The quantitative estimate of drug-likeness (QED) is 0.615. The molecule has 9 heteroatoms. The topological polar surface area (TPSA) is 91.6 Å². The molecule has 0 saturated heterocycles. The van der Waals surface area contributed by atoms with Crippen LogP contribution in [0.3, 0.4) is 0 Å². The molecule has 0 aromatic carbocycles. The summed E-state index contributed by atoms with van der Waals surface area (Å²) >= 11 is 1.27. The lowest BCUT2D eigenvalue weighted by molar-refractivity contribution is -0.136. The Morgan fingerprint density at radius 2 is 2.18 bits per heavy atom. The van der Waals surface area contributed by atoms with E-state index in [1.807, 2.05) is 14.0 Å². The summed E-state index contributed by atoms with van der Waals surface area (Å²) in [6, 6.07) is 1.12. The molecule has 4 rings (SSSR count). The molecule has 0 bridgehead atoms. The van der Waals surface area contributed by atoms with E-state index >= 15 is 0 Å². The maximum atomic E-state index is 13.3. The third-order valence-electron chi connectivity index (χ3n) is 4.84. The van der Waals surface area contributed by atoms with E-state index < -0.39 is 12.0 Å². The number of carbonyl (C=O) groups excluding carboxylic acids is 1. The fraction of sp³-hybridized carbons (Fsp3) is 0.263. The summed E-state index contributed by atoms with van der Waals surface area (Å²) in [5, 5.41) is 4.29. The van der Waals surface area contributed by atoms with Gasteiger partial charge < -0.3 is 9.15 Å². The number of thiazole rings is 1. The molecule has 8 nitrogen and oxygen atoms in total. The molecular weight excluding hydrogens is 380 g/mol. The lowest BCUT2D eigenvalue weighted by Gasteiger charge is -2.23. The van der Waals surface area contributed by atoms with Gasteiger partial charge in [-0.1, -0.05) is 11.3 Å². The van der Waals surface area contributed by atoms with Crippen molar-refractivity contribution < 1.29 is 13.9 Å². The largest absolute Gasteiger partial charge is 0.472 e. The van der Waals surface area contributed by atoms with Crippen LogP contribution < -0.4 is 14.9 Å². The zero-order valence-electron chi connectivity index (χ0n) is 15.8. The van der Waals surface area contributed by atoms with Gasteiger partial charge in [-0.2, -0.15) is 5.10 Å². The number of allylic oxidation sites excluding steroid dienone is 1. The number of rotatable bonds is 3. The minimum Gasteiger partial charge on any atom is -0.472 e. The fourth-order valence-corrected chi connectivity index (χ4v) is 4.33. The number of ether oxygens (including phenoxy) is 1. The molecule has 4 heterocycles. The van der Waals surface area contributed by atoms with E-state index in [1.54, 1.807) is 47.0 Å². The Morgan fingerprint density at radius 1 is 1.39 bits per heavy atom. The Kier molecular flexibility index (Phi) is 4.38. The van der Waals surface area contributed by atoms with Crippen LogP contribution in [0.4, 0.5) is 0 Å². The van der Waals surface area contributed by atoms with Gasteiger partial charge >= 0.3 is 5.97 Å². The molecule has 3 aromatic heterocycles. The Labute approximate surface area is 163 Å². The number of methoxy groups -OCH3 is 1. The number of aryl methyl sites for hydroxylation is 1. The Bertz CT molecular complexity index is 1270. The molecule has 0 radical (unpaired) electrons. The molecule has 28 heavy (non-hydrogen) atoms. The summed E-state index contributed by atoms with van der Waals surface area (Å²) in [7, 11) is 3.13. The number of carbonyl (C=O) groups is 1. The minimum absolute atomic E-state index is 0.230. The second-order valence-corrected chi connectivity index (χ2v) is 7.45. The van der Waals surface area contributed by atoms with Crippen molar-refractivity contribution >= 4 is 23.4 Å². The Balaban J connectivity index is 2.03. The van der Waals surface area contributed by atoms with Gasteiger partial charge in [-0.05, 0) is 26.0 Å². The lowest BCUT2D eigenvalue weighted by Crippen LogP contribution is -2.40. The highest BCUT2D eigenvalue weighted by Crippen LogP contribution is 2.31. The van der Waals surface area contributed by atoms with Crippen LogP contribution in [0.25, 0.3) is 6.08 Å². The van der Waals surface area contributed by atoms with Gasteiger partial charge in [-0.15, -0.1) is 0 Å². The zero-order chi connectivity index (χ0) is 20.0. The minimum atomic E-state index is -0.649. The monoisotopic (exact) mass is 398 g/mol. The van der Waals surface area contributed by atoms with Crippen molar-refractivity contribution in [3.05, 3.63) is 72.6 Å². The smallest absolute Gasteiger partial charge is 0.338 e. The summed E-state index contributed by atoms with van der Waals surface area (Å²) in [5.74, 6) is -0.515. The fourth-order valence-electron chi connectivity index (χ4n) is 3.28. The summed E-state index contributed by atoms with van der Waals surface area (Å²) in [6.07, 6.45) is 6.53. The van der Waals surface area contributed by atoms with Gasteiger partial charge in [-0.25, -0.2) is 9.79 Å². The molecule has 1 atom stereocenters. The molecule has 144 valence electrons. The van der Waals surface area contributed by atoms with E-state index in [0.29, 0.717) is 20.6 Å². The Morgan fingerprint density at radius 3 is 2.79 bits per heavy atom. The maximum Gasteiger partial charge on any atom is 0.338 e. The van der Waals surface area contributed by atoms with Crippen LogP contribution in [0.2, 0.25) is 0 Å². The molecule has 0 fully saturated rings. The van der Waals surface area contributed by atoms with Crippen molar-refractivity contribution in [2.45, 2.75) is 19.9 Å². The molecule has 0 N–H and O–H groups in total. The Hall–Kier alpha value is -3.20. The second kappa shape index (κ2) is 6.75. The number of hydrogen-bond acceptors (Lipinski definition) is 7. The number of furan rings is 1. The molecule has 0 saturated carbocycles. The van der Waals surface area contributed by atoms with Gasteiger partial charge in [0.2, 0.25) is 0 Å². The van der Waals surface area contributed by atoms with Crippen LogP contribution in [0.5, 0.6) is 0 Å². The van der Waals surface area contributed by atoms with E-state index in [2.05, 4.69) is 10.1 Å². The first kappa shape index (κ1) is 18.2. The van der Waals surface area contributed by atoms with Crippen LogP contribution in [0.15, 0.2) is 50.3 Å². The van der Waals surface area contributed by atoms with E-state index in [0.717, 1.165) is 16.8 Å². The molecule has 0 amide bonds. The van der Waals surface area contributed by atoms with Crippen LogP contribution in [-0.2, 0) is 16.6 Å². The van der Waals surface area contributed by atoms with E-state index in [9.17, 15) is 9.59 Å². The van der Waals surface area contributed by atoms with Gasteiger partial charge in [0, 0.05) is 23.9 Å². The SMILES string of the molecule is COC(=O)C1=C(C)N=c2s/c(=C/c3ccoc3)c(=O)n2C1c1cnn(C)c1C. The van der Waals surface area contributed by atoms with Gasteiger partial charge in [0.05, 0.1) is 41.6 Å². The first-order valence-electron chi connectivity index (χ1n) is 8.54. The van der Waals surface area contributed by atoms with Crippen molar-refractivity contribution in [3.63, 3.8) is 0 Å². The van der Waals surface area contributed by atoms with Crippen LogP contribution >= 0.6 is 11.3 Å². The van der Waals surface area contributed by atoms with Crippen molar-refractivity contribution in [3.8, 4) is 0 Å². The zero-order valence-corrected chi connectivity index (χ0v) is 16.6. The van der Waals surface area contributed by atoms with Gasteiger partial charge in [0.15, 0.2) is 4.80 Å². The second-order valence-electron chi connectivity index (χ2n) is 6.44. The summed E-state index contributed by atoms with van der Waals surface area (Å²) in [4.78, 5) is 30.9. The molecule has 3 aromatic rings. The third-order valence-corrected chi connectivity index (χ3v) is 5.82. The molecule has 0 spiro atoms. The molecular formula is C19H18N4O4S. The first-order valence-corrected chi connectivity index (χ1v) is 9.35. The van der Waals surface area contributed by atoms with Gasteiger partial charge in [0.25, 0.3) is 5.56 Å². The highest BCUT2D eigenvalue weighted by Gasteiger charge is 2.34. The van der Waals surface area contributed by atoms with E-state index in [-0.39, 0.29) is 5.56 Å². The number of aromatic nitrogens is 3. The highest BCUT2D eigenvalue weighted by atomic mass is 32.1. The molecule has 1 aliphatic rings. The highest BCUT2D eigenvalue weighted by molar-refractivity contribution is 7.07. The average molecular weight is 398 g/mol. The number of nitrogens with zero attached hydrogens (tertiary/aromatic N) is 4. The standard InChI is InChI=1S/C19H18N4O4S/c1-10-15(18(25)26-4)16(13-8-20-22(3)11(13)2)23-17(24)14(28-19(23)21-10)7-12-5-6-27-9-12/h5-9,16H,1-4H3/b14-7+. The predicted molar refractivity (Wildman–Crippen MR) is 102 cm³/mol. The van der Waals surface area contributed by atoms with Gasteiger partial charge in [0.1, 0.15) is 6.04 Å². The van der Waals surface area contributed by atoms with Crippen LogP contribution in [-0.4, -0.2) is 27.4 Å². The summed E-state index contributed by atoms with van der Waals surface area (Å²) in [5.41, 5.74) is 3.02. The number of esters is 1. The van der Waals surface area contributed by atoms with Crippen molar-refractivity contribution in [2.75, 3.05) is 7.11 Å². The average Bonchev–Trinajstić information content (AvgIpc) is 3.37. The lowest BCUT2D eigenvalue weighted by atomic mass is 9.96. The van der Waals surface area contributed by atoms with Crippen LogP contribution in [0, 0.1) is 6.92 Å². The van der Waals surface area contributed by atoms with Crippen molar-refractivity contribution in [1.29, 1.82) is 0 Å². The van der Waals surface area contributed by atoms with Gasteiger partial charge in [-0.3, -0.25) is 14.0 Å². The number of hydrogen-bond donors (Lipinski definition) is 0. The molecule has 1 unspecified atom stereocenters. The maximum absolute atomic E-state index is 13.3. The van der Waals surface area contributed by atoms with Crippen LogP contribution in [0.1, 0.15) is 29.8 Å².